The highest BCUT2D eigenvalue weighted by Crippen LogP contribution is 2.24. The summed E-state index contributed by atoms with van der Waals surface area (Å²) in [7, 11) is 0. The van der Waals surface area contributed by atoms with E-state index in [4.69, 9.17) is 11.6 Å². The van der Waals surface area contributed by atoms with Crippen LogP contribution < -0.4 is 5.32 Å². The number of halogens is 1. The van der Waals surface area contributed by atoms with E-state index in [1.54, 1.807) is 6.33 Å². The summed E-state index contributed by atoms with van der Waals surface area (Å²) in [6.07, 6.45) is 7.43. The minimum atomic E-state index is 0.606. The van der Waals surface area contributed by atoms with Gasteiger partial charge in [0.1, 0.15) is 12.1 Å². The van der Waals surface area contributed by atoms with Crippen molar-refractivity contribution < 1.29 is 0 Å². The smallest absolute Gasteiger partial charge is 0.132 e. The second kappa shape index (κ2) is 6.20. The number of alkyl halides is 1. The Morgan fingerprint density at radius 3 is 3.12 bits per heavy atom. The maximum Gasteiger partial charge on any atom is 0.132 e. The monoisotopic (exact) mass is 253 g/mol. The molecule has 1 aromatic rings. The molecule has 1 N–H and O–H groups in total. The molecule has 0 spiro atoms. The van der Waals surface area contributed by atoms with Gasteiger partial charge in [-0.3, -0.25) is 0 Å². The zero-order valence-corrected chi connectivity index (χ0v) is 11.1. The molecule has 0 aliphatic heterocycles. The Bertz CT molecular complexity index is 368. The van der Waals surface area contributed by atoms with Crippen molar-refractivity contribution in [3.63, 3.8) is 0 Å². The van der Waals surface area contributed by atoms with Gasteiger partial charge in [0, 0.05) is 23.7 Å². The number of hydrogen-bond donors (Lipinski definition) is 1. The summed E-state index contributed by atoms with van der Waals surface area (Å²) in [5.74, 6) is 2.41. The molecule has 1 atom stereocenters. The minimum Gasteiger partial charge on any atom is -0.370 e. The molecule has 17 heavy (non-hydrogen) atoms. The zero-order valence-electron chi connectivity index (χ0n) is 10.4. The Morgan fingerprint density at radius 1 is 1.41 bits per heavy atom. The standard InChI is InChI=1S/C13H20ClN3/c1-10(8-14)4-3-7-15-13-11-5-2-6-12(11)16-9-17-13/h9-10H,2-8H2,1H3,(H,15,16,17). The molecule has 3 nitrogen and oxygen atoms in total. The van der Waals surface area contributed by atoms with Crippen LogP contribution in [0.25, 0.3) is 0 Å². The normalized spacial score (nSPS) is 15.6. The summed E-state index contributed by atoms with van der Waals surface area (Å²) in [5, 5.41) is 3.43. The molecule has 1 aliphatic carbocycles. The van der Waals surface area contributed by atoms with E-state index in [2.05, 4.69) is 22.2 Å². The van der Waals surface area contributed by atoms with Crippen LogP contribution >= 0.6 is 11.6 Å². The molecule has 0 radical (unpaired) electrons. The Balaban J connectivity index is 1.82. The molecular formula is C13H20ClN3. The summed E-state index contributed by atoms with van der Waals surface area (Å²) in [6.45, 7) is 3.17. The van der Waals surface area contributed by atoms with Crippen molar-refractivity contribution in [2.45, 2.75) is 39.0 Å². The molecular weight excluding hydrogens is 234 g/mol. The molecule has 1 unspecified atom stereocenters. The average Bonchev–Trinajstić information content (AvgIpc) is 2.83. The van der Waals surface area contributed by atoms with Crippen molar-refractivity contribution in [1.29, 1.82) is 0 Å². The lowest BCUT2D eigenvalue weighted by molar-refractivity contribution is 0.572. The van der Waals surface area contributed by atoms with Gasteiger partial charge in [0.25, 0.3) is 0 Å². The SMILES string of the molecule is CC(CCl)CCCNc1ncnc2c1CCC2. The van der Waals surface area contributed by atoms with Crippen molar-refractivity contribution in [3.8, 4) is 0 Å². The van der Waals surface area contributed by atoms with Gasteiger partial charge in [-0.15, -0.1) is 11.6 Å². The first-order valence-electron chi connectivity index (χ1n) is 6.44. The number of hydrogen-bond acceptors (Lipinski definition) is 3. The predicted molar refractivity (Wildman–Crippen MR) is 71.7 cm³/mol. The van der Waals surface area contributed by atoms with Crippen molar-refractivity contribution in [2.24, 2.45) is 5.92 Å². The van der Waals surface area contributed by atoms with Crippen LogP contribution in [0.1, 0.15) is 37.4 Å². The molecule has 4 heteroatoms. The fourth-order valence-corrected chi connectivity index (χ4v) is 2.40. The first-order chi connectivity index (χ1) is 8.31. The number of fused-ring (bicyclic) bond motifs is 1. The number of nitrogens with one attached hydrogen (secondary N) is 1. The van der Waals surface area contributed by atoms with Crippen LogP contribution in [0.15, 0.2) is 6.33 Å². The maximum absolute atomic E-state index is 5.78. The fourth-order valence-electron chi connectivity index (χ4n) is 2.25. The second-order valence-electron chi connectivity index (χ2n) is 4.83. The third-order valence-electron chi connectivity index (χ3n) is 3.30. The largest absolute Gasteiger partial charge is 0.370 e. The van der Waals surface area contributed by atoms with Gasteiger partial charge in [-0.25, -0.2) is 9.97 Å². The van der Waals surface area contributed by atoms with Gasteiger partial charge in [-0.1, -0.05) is 6.92 Å². The highest BCUT2D eigenvalue weighted by molar-refractivity contribution is 6.18. The van der Waals surface area contributed by atoms with Crippen molar-refractivity contribution in [2.75, 3.05) is 17.7 Å². The number of aryl methyl sites for hydroxylation is 1. The van der Waals surface area contributed by atoms with Crippen LogP contribution in [0.5, 0.6) is 0 Å². The van der Waals surface area contributed by atoms with Crippen LogP contribution in [0.3, 0.4) is 0 Å². The zero-order chi connectivity index (χ0) is 12.1. The van der Waals surface area contributed by atoms with Crippen LogP contribution in [0.2, 0.25) is 0 Å². The first kappa shape index (κ1) is 12.6. The Morgan fingerprint density at radius 2 is 2.29 bits per heavy atom. The molecule has 0 saturated heterocycles. The lowest BCUT2D eigenvalue weighted by atomic mass is 10.1. The van der Waals surface area contributed by atoms with Crippen molar-refractivity contribution >= 4 is 17.4 Å². The van der Waals surface area contributed by atoms with Gasteiger partial charge >= 0.3 is 0 Å². The second-order valence-corrected chi connectivity index (χ2v) is 5.14. The van der Waals surface area contributed by atoms with Crippen LogP contribution in [-0.4, -0.2) is 22.4 Å². The molecule has 1 heterocycles. The highest BCUT2D eigenvalue weighted by Gasteiger charge is 2.16. The molecule has 0 fully saturated rings. The van der Waals surface area contributed by atoms with Gasteiger partial charge in [0.2, 0.25) is 0 Å². The summed E-state index contributed by atoms with van der Waals surface area (Å²) >= 11 is 5.78. The molecule has 94 valence electrons. The summed E-state index contributed by atoms with van der Waals surface area (Å²) in [6, 6.07) is 0. The van der Waals surface area contributed by atoms with E-state index in [1.165, 1.54) is 24.1 Å². The Hall–Kier alpha value is -0.830. The molecule has 0 bridgehead atoms. The third kappa shape index (κ3) is 3.32. The molecule has 1 aliphatic rings. The highest BCUT2D eigenvalue weighted by atomic mass is 35.5. The lowest BCUT2D eigenvalue weighted by Crippen LogP contribution is -2.08. The quantitative estimate of drug-likeness (QED) is 0.626. The van der Waals surface area contributed by atoms with E-state index in [0.717, 1.165) is 37.5 Å². The third-order valence-corrected chi connectivity index (χ3v) is 3.83. The van der Waals surface area contributed by atoms with Gasteiger partial charge in [-0.05, 0) is 38.0 Å². The van der Waals surface area contributed by atoms with Gasteiger partial charge in [0.15, 0.2) is 0 Å². The van der Waals surface area contributed by atoms with E-state index < -0.39 is 0 Å². The minimum absolute atomic E-state index is 0.606. The van der Waals surface area contributed by atoms with Crippen LogP contribution in [-0.2, 0) is 12.8 Å². The fraction of sp³-hybridized carbons (Fsp3) is 0.692. The number of rotatable bonds is 6. The maximum atomic E-state index is 5.78. The lowest BCUT2D eigenvalue weighted by Gasteiger charge is -2.10. The van der Waals surface area contributed by atoms with E-state index in [-0.39, 0.29) is 0 Å². The van der Waals surface area contributed by atoms with Crippen molar-refractivity contribution in [1.82, 2.24) is 9.97 Å². The Kier molecular flexibility index (Phi) is 4.60. The topological polar surface area (TPSA) is 37.8 Å². The molecule has 2 rings (SSSR count). The number of aromatic nitrogens is 2. The van der Waals surface area contributed by atoms with Crippen LogP contribution in [0.4, 0.5) is 5.82 Å². The van der Waals surface area contributed by atoms with E-state index in [9.17, 15) is 0 Å². The van der Waals surface area contributed by atoms with Crippen LogP contribution in [0, 0.1) is 5.92 Å². The van der Waals surface area contributed by atoms with E-state index >= 15 is 0 Å². The Labute approximate surface area is 108 Å². The molecule has 0 saturated carbocycles. The number of nitrogens with zero attached hydrogens (tertiary/aromatic N) is 2. The van der Waals surface area contributed by atoms with Gasteiger partial charge in [0.05, 0.1) is 0 Å². The number of anilines is 1. The summed E-state index contributed by atoms with van der Waals surface area (Å²) in [5.41, 5.74) is 2.56. The molecule has 0 amide bonds. The summed E-state index contributed by atoms with van der Waals surface area (Å²) < 4.78 is 0. The average molecular weight is 254 g/mol. The van der Waals surface area contributed by atoms with E-state index in [0.29, 0.717) is 5.92 Å². The van der Waals surface area contributed by atoms with Gasteiger partial charge < -0.3 is 5.32 Å². The van der Waals surface area contributed by atoms with Gasteiger partial charge in [-0.2, -0.15) is 0 Å². The predicted octanol–water partition coefficient (Wildman–Crippen LogP) is 3.03. The molecule has 1 aromatic heterocycles. The van der Waals surface area contributed by atoms with Crippen molar-refractivity contribution in [3.05, 3.63) is 17.6 Å². The summed E-state index contributed by atoms with van der Waals surface area (Å²) in [4.78, 5) is 8.66. The first-order valence-corrected chi connectivity index (χ1v) is 6.97. The van der Waals surface area contributed by atoms with E-state index in [1.807, 2.05) is 0 Å². The molecule has 0 aromatic carbocycles.